The molecule has 1 fully saturated rings. The van der Waals surface area contributed by atoms with Crippen LogP contribution in [0.5, 0.6) is 11.5 Å². The highest BCUT2D eigenvalue weighted by molar-refractivity contribution is 6.00. The van der Waals surface area contributed by atoms with Crippen molar-refractivity contribution in [1.82, 2.24) is 15.2 Å². The average Bonchev–Trinajstić information content (AvgIpc) is 2.68. The summed E-state index contributed by atoms with van der Waals surface area (Å²) in [6.45, 7) is 0. The van der Waals surface area contributed by atoms with Crippen LogP contribution >= 0.6 is 0 Å². The summed E-state index contributed by atoms with van der Waals surface area (Å²) in [5.41, 5.74) is 0.519. The number of hydrogen-bond donors (Lipinski definition) is 3. The molecule has 0 amide bonds. The van der Waals surface area contributed by atoms with Gasteiger partial charge >= 0.3 is 6.36 Å². The molecule has 0 radical (unpaired) electrons. The van der Waals surface area contributed by atoms with Gasteiger partial charge in [0.25, 0.3) is 0 Å². The lowest BCUT2D eigenvalue weighted by Crippen LogP contribution is -2.30. The van der Waals surface area contributed by atoms with Crippen LogP contribution in [0, 0.1) is 0 Å². The number of nitrogens with one attached hydrogen (secondary N) is 1. The van der Waals surface area contributed by atoms with Crippen molar-refractivity contribution in [3.8, 4) is 22.8 Å². The first kappa shape index (κ1) is 20.1. The van der Waals surface area contributed by atoms with Crippen molar-refractivity contribution in [3.63, 3.8) is 0 Å². The molecular weight excluding hydrogens is 401 g/mol. The van der Waals surface area contributed by atoms with Gasteiger partial charge in [-0.15, -0.1) is 23.4 Å². The van der Waals surface area contributed by atoms with Crippen LogP contribution in [-0.2, 0) is 0 Å². The lowest BCUT2D eigenvalue weighted by atomic mass is 9.93. The van der Waals surface area contributed by atoms with Gasteiger partial charge in [0.15, 0.2) is 5.82 Å². The number of fused-ring (bicyclic) bond motifs is 1. The maximum Gasteiger partial charge on any atom is 0.573 e. The molecule has 2 aromatic heterocycles. The van der Waals surface area contributed by atoms with Crippen molar-refractivity contribution < 1.29 is 28.1 Å². The van der Waals surface area contributed by atoms with Gasteiger partial charge in [0, 0.05) is 40.8 Å². The summed E-state index contributed by atoms with van der Waals surface area (Å²) in [7, 11) is 0. The third kappa shape index (κ3) is 4.38. The number of benzene rings is 1. The number of aliphatic hydroxyl groups excluding tert-OH is 1. The summed E-state index contributed by atoms with van der Waals surface area (Å²) < 4.78 is 41.1. The van der Waals surface area contributed by atoms with Gasteiger partial charge in [-0.25, -0.2) is 0 Å². The topological polar surface area (TPSA) is 100 Å². The third-order valence-corrected chi connectivity index (χ3v) is 5.03. The van der Waals surface area contributed by atoms with E-state index in [1.807, 2.05) is 0 Å². The molecule has 1 aliphatic carbocycles. The minimum absolute atomic E-state index is 0.0458. The zero-order chi connectivity index (χ0) is 21.3. The van der Waals surface area contributed by atoms with Crippen LogP contribution in [0.1, 0.15) is 25.7 Å². The molecule has 1 aliphatic rings. The summed E-state index contributed by atoms with van der Waals surface area (Å²) in [5, 5.41) is 33.2. The molecule has 1 saturated carbocycles. The molecule has 2 heterocycles. The largest absolute Gasteiger partial charge is 0.573 e. The SMILES string of the molecule is Oc1cc(OC(F)(F)F)ccc1-c1nnc(N[C@@H]2CCC[C@H](O)C2)c2cnccc12. The van der Waals surface area contributed by atoms with Crippen molar-refractivity contribution in [2.75, 3.05) is 5.32 Å². The van der Waals surface area contributed by atoms with Gasteiger partial charge in [0.2, 0.25) is 0 Å². The molecule has 0 saturated heterocycles. The van der Waals surface area contributed by atoms with Crippen LogP contribution in [0.2, 0.25) is 0 Å². The van der Waals surface area contributed by atoms with E-state index >= 15 is 0 Å². The predicted molar refractivity (Wildman–Crippen MR) is 103 cm³/mol. The van der Waals surface area contributed by atoms with Gasteiger partial charge in [-0.05, 0) is 43.9 Å². The Labute approximate surface area is 169 Å². The van der Waals surface area contributed by atoms with E-state index in [1.165, 1.54) is 6.07 Å². The van der Waals surface area contributed by atoms with Crippen LogP contribution in [0.3, 0.4) is 0 Å². The number of anilines is 1. The zero-order valence-electron chi connectivity index (χ0n) is 15.7. The van der Waals surface area contributed by atoms with Gasteiger partial charge in [-0.1, -0.05) is 0 Å². The fraction of sp³-hybridized carbons (Fsp3) is 0.350. The van der Waals surface area contributed by atoms with Crippen molar-refractivity contribution in [2.45, 2.75) is 44.2 Å². The summed E-state index contributed by atoms with van der Waals surface area (Å²) in [6.07, 6.45) is 1.12. The van der Waals surface area contributed by atoms with Gasteiger partial charge in [0.1, 0.15) is 17.2 Å². The Morgan fingerprint density at radius 2 is 1.93 bits per heavy atom. The van der Waals surface area contributed by atoms with E-state index in [-0.39, 0.29) is 17.7 Å². The van der Waals surface area contributed by atoms with Crippen molar-refractivity contribution in [1.29, 1.82) is 0 Å². The molecule has 0 spiro atoms. The van der Waals surface area contributed by atoms with Crippen molar-refractivity contribution in [2.24, 2.45) is 0 Å². The molecule has 3 N–H and O–H groups in total. The number of phenols is 1. The van der Waals surface area contributed by atoms with Crippen LogP contribution < -0.4 is 10.1 Å². The fourth-order valence-corrected chi connectivity index (χ4v) is 3.70. The van der Waals surface area contributed by atoms with E-state index < -0.39 is 17.9 Å². The van der Waals surface area contributed by atoms with Crippen LogP contribution in [0.15, 0.2) is 36.7 Å². The summed E-state index contributed by atoms with van der Waals surface area (Å²) in [5.74, 6) is -0.449. The molecule has 30 heavy (non-hydrogen) atoms. The number of halogens is 3. The standard InChI is InChI=1S/C20H19F3N4O3/c21-20(22,23)30-13-4-5-15(17(29)9-13)18-14-6-7-24-10-16(14)19(27-26-18)25-11-2-1-3-12(28)8-11/h4-7,9-12,28-29H,1-3,8H2,(H,25,27)/t11-,12+/m1/s1. The van der Waals surface area contributed by atoms with E-state index in [9.17, 15) is 23.4 Å². The molecule has 2 atom stereocenters. The van der Waals surface area contributed by atoms with E-state index in [4.69, 9.17) is 0 Å². The molecule has 1 aromatic carbocycles. The molecule has 0 aliphatic heterocycles. The molecule has 0 bridgehead atoms. The Hall–Kier alpha value is -3.14. The highest BCUT2D eigenvalue weighted by atomic mass is 19.4. The minimum Gasteiger partial charge on any atom is -0.507 e. The van der Waals surface area contributed by atoms with E-state index in [0.717, 1.165) is 31.4 Å². The van der Waals surface area contributed by atoms with Crippen LogP contribution in [-0.4, -0.2) is 43.9 Å². The van der Waals surface area contributed by atoms with Crippen molar-refractivity contribution >= 4 is 16.6 Å². The Morgan fingerprint density at radius 1 is 1.10 bits per heavy atom. The fourth-order valence-electron chi connectivity index (χ4n) is 3.70. The first-order valence-electron chi connectivity index (χ1n) is 9.44. The van der Waals surface area contributed by atoms with E-state index in [0.29, 0.717) is 28.7 Å². The third-order valence-electron chi connectivity index (χ3n) is 5.03. The zero-order valence-corrected chi connectivity index (χ0v) is 15.7. The molecule has 10 heteroatoms. The average molecular weight is 420 g/mol. The lowest BCUT2D eigenvalue weighted by Gasteiger charge is -2.27. The summed E-state index contributed by atoms with van der Waals surface area (Å²) >= 11 is 0. The highest BCUT2D eigenvalue weighted by Gasteiger charge is 2.31. The maximum absolute atomic E-state index is 12.4. The quantitative estimate of drug-likeness (QED) is 0.586. The minimum atomic E-state index is -4.86. The van der Waals surface area contributed by atoms with Gasteiger partial charge in [-0.3, -0.25) is 4.98 Å². The first-order chi connectivity index (χ1) is 14.3. The number of phenolic OH excluding ortho intramolecular Hbond substituents is 1. The Kier molecular flexibility index (Phi) is 5.33. The second-order valence-electron chi connectivity index (χ2n) is 7.21. The molecule has 158 valence electrons. The Morgan fingerprint density at radius 3 is 2.67 bits per heavy atom. The molecule has 3 aromatic rings. The molecule has 7 nitrogen and oxygen atoms in total. The predicted octanol–water partition coefficient (Wildman–Crippen LogP) is 4.01. The van der Waals surface area contributed by atoms with Gasteiger partial charge < -0.3 is 20.3 Å². The normalized spacial score (nSPS) is 19.6. The van der Waals surface area contributed by atoms with Crippen LogP contribution in [0.4, 0.5) is 19.0 Å². The Bertz CT molecular complexity index is 1060. The number of rotatable bonds is 4. The number of aliphatic hydroxyl groups is 1. The first-order valence-corrected chi connectivity index (χ1v) is 9.44. The van der Waals surface area contributed by atoms with Gasteiger partial charge in [-0.2, -0.15) is 0 Å². The number of nitrogens with zero attached hydrogens (tertiary/aromatic N) is 3. The highest BCUT2D eigenvalue weighted by Crippen LogP contribution is 2.37. The van der Waals surface area contributed by atoms with Gasteiger partial charge in [0.05, 0.1) is 6.10 Å². The Balaban J connectivity index is 1.69. The summed E-state index contributed by atoms with van der Waals surface area (Å²) in [6, 6.07) is 5.02. The number of aromatic nitrogens is 3. The molecular formula is C20H19F3N4O3. The van der Waals surface area contributed by atoms with E-state index in [1.54, 1.807) is 18.5 Å². The second kappa shape index (κ2) is 7.94. The molecule has 4 rings (SSSR count). The molecule has 0 unspecified atom stereocenters. The van der Waals surface area contributed by atoms with Crippen molar-refractivity contribution in [3.05, 3.63) is 36.7 Å². The number of pyridine rings is 1. The number of aromatic hydroxyl groups is 1. The summed E-state index contributed by atoms with van der Waals surface area (Å²) in [4.78, 5) is 4.13. The monoisotopic (exact) mass is 420 g/mol. The number of hydrogen-bond acceptors (Lipinski definition) is 7. The second-order valence-corrected chi connectivity index (χ2v) is 7.21. The maximum atomic E-state index is 12.4. The number of alkyl halides is 3. The number of ether oxygens (including phenoxy) is 1. The van der Waals surface area contributed by atoms with E-state index in [2.05, 4.69) is 25.2 Å². The van der Waals surface area contributed by atoms with Crippen LogP contribution in [0.25, 0.3) is 22.0 Å². The lowest BCUT2D eigenvalue weighted by molar-refractivity contribution is -0.274. The smallest absolute Gasteiger partial charge is 0.507 e.